The number of amides is 1. The van der Waals surface area contributed by atoms with E-state index in [4.69, 9.17) is 0 Å². The standard InChI is InChI=1S/C20H26FN5O/c1-3-17-19(21)20(23-13-22-17)24-14(2)11-18(27)25-15-7-6-8-16(12-15)26-9-4-5-10-26/h6-8,12-14H,3-5,9-11H2,1-2H3,(H,25,27)(H,22,23,24). The zero-order chi connectivity index (χ0) is 19.2. The molecule has 2 N–H and O–H groups in total. The van der Waals surface area contributed by atoms with Crippen LogP contribution in [0.3, 0.4) is 0 Å². The van der Waals surface area contributed by atoms with Crippen LogP contribution in [-0.4, -0.2) is 35.0 Å². The van der Waals surface area contributed by atoms with Gasteiger partial charge in [-0.1, -0.05) is 13.0 Å². The first kappa shape index (κ1) is 19.1. The minimum absolute atomic E-state index is 0.126. The Morgan fingerprint density at radius 3 is 2.81 bits per heavy atom. The Morgan fingerprint density at radius 1 is 1.30 bits per heavy atom. The van der Waals surface area contributed by atoms with Crippen LogP contribution in [-0.2, 0) is 11.2 Å². The van der Waals surface area contributed by atoms with Gasteiger partial charge in [0.05, 0.1) is 5.69 Å². The zero-order valence-electron chi connectivity index (χ0n) is 15.8. The zero-order valence-corrected chi connectivity index (χ0v) is 15.8. The lowest BCUT2D eigenvalue weighted by molar-refractivity contribution is -0.116. The first-order chi connectivity index (χ1) is 13.1. The molecule has 1 amide bonds. The molecule has 2 heterocycles. The Hall–Kier alpha value is -2.70. The molecule has 1 unspecified atom stereocenters. The molecule has 0 bridgehead atoms. The summed E-state index contributed by atoms with van der Waals surface area (Å²) >= 11 is 0. The minimum atomic E-state index is -0.453. The highest BCUT2D eigenvalue weighted by molar-refractivity contribution is 5.91. The fraction of sp³-hybridized carbons (Fsp3) is 0.450. The smallest absolute Gasteiger partial charge is 0.226 e. The Balaban J connectivity index is 1.57. The van der Waals surface area contributed by atoms with Crippen molar-refractivity contribution in [3.8, 4) is 0 Å². The number of anilines is 3. The van der Waals surface area contributed by atoms with Gasteiger partial charge in [-0.05, 0) is 44.4 Å². The van der Waals surface area contributed by atoms with Crippen molar-refractivity contribution < 1.29 is 9.18 Å². The molecule has 1 fully saturated rings. The molecule has 6 nitrogen and oxygen atoms in total. The number of rotatable bonds is 7. The van der Waals surface area contributed by atoms with Crippen LogP contribution in [0.25, 0.3) is 0 Å². The van der Waals surface area contributed by atoms with Gasteiger partial charge in [0.2, 0.25) is 5.91 Å². The Kier molecular flexibility index (Phi) is 6.21. The molecule has 1 atom stereocenters. The number of aryl methyl sites for hydroxylation is 1. The largest absolute Gasteiger partial charge is 0.371 e. The molecule has 0 radical (unpaired) electrons. The van der Waals surface area contributed by atoms with Crippen LogP contribution in [0.5, 0.6) is 0 Å². The van der Waals surface area contributed by atoms with Crippen LogP contribution in [0.1, 0.15) is 38.8 Å². The van der Waals surface area contributed by atoms with Gasteiger partial charge in [-0.15, -0.1) is 0 Å². The maximum absolute atomic E-state index is 14.2. The predicted octanol–water partition coefficient (Wildman–Crippen LogP) is 3.61. The number of aromatic nitrogens is 2. The molecule has 3 rings (SSSR count). The van der Waals surface area contributed by atoms with Gasteiger partial charge in [-0.25, -0.2) is 14.4 Å². The van der Waals surface area contributed by atoms with Crippen LogP contribution in [0, 0.1) is 5.82 Å². The average molecular weight is 371 g/mol. The van der Waals surface area contributed by atoms with Crippen molar-refractivity contribution in [1.29, 1.82) is 0 Å². The number of halogens is 1. The van der Waals surface area contributed by atoms with Crippen LogP contribution in [0.4, 0.5) is 21.6 Å². The third-order valence-corrected chi connectivity index (χ3v) is 4.67. The Labute approximate surface area is 159 Å². The quantitative estimate of drug-likeness (QED) is 0.778. The highest BCUT2D eigenvalue weighted by atomic mass is 19.1. The van der Waals surface area contributed by atoms with Gasteiger partial charge in [0.15, 0.2) is 11.6 Å². The number of nitrogens with zero attached hydrogens (tertiary/aromatic N) is 3. The van der Waals surface area contributed by atoms with Crippen molar-refractivity contribution in [1.82, 2.24) is 9.97 Å². The summed E-state index contributed by atoms with van der Waals surface area (Å²) in [5, 5.41) is 5.89. The highest BCUT2D eigenvalue weighted by Gasteiger charge is 2.16. The molecule has 27 heavy (non-hydrogen) atoms. The number of hydrogen-bond acceptors (Lipinski definition) is 5. The van der Waals surface area contributed by atoms with Crippen molar-refractivity contribution in [3.05, 3.63) is 42.1 Å². The van der Waals surface area contributed by atoms with E-state index in [0.29, 0.717) is 12.1 Å². The maximum Gasteiger partial charge on any atom is 0.226 e. The fourth-order valence-corrected chi connectivity index (χ4v) is 3.28. The van der Waals surface area contributed by atoms with Gasteiger partial charge >= 0.3 is 0 Å². The van der Waals surface area contributed by atoms with Crippen molar-refractivity contribution in [2.24, 2.45) is 0 Å². The SMILES string of the molecule is CCc1ncnc(NC(C)CC(=O)Nc2cccc(N3CCCC3)c2)c1F. The third-order valence-electron chi connectivity index (χ3n) is 4.67. The van der Waals surface area contributed by atoms with Crippen LogP contribution >= 0.6 is 0 Å². The lowest BCUT2D eigenvalue weighted by Crippen LogP contribution is -2.25. The van der Waals surface area contributed by atoms with Crippen LogP contribution < -0.4 is 15.5 Å². The third kappa shape index (κ3) is 4.93. The number of nitrogens with one attached hydrogen (secondary N) is 2. The Bertz CT molecular complexity index is 792. The second-order valence-corrected chi connectivity index (χ2v) is 6.88. The normalized spacial score (nSPS) is 14.9. The molecule has 0 saturated carbocycles. The van der Waals surface area contributed by atoms with E-state index in [1.54, 1.807) is 0 Å². The first-order valence-corrected chi connectivity index (χ1v) is 9.47. The molecule has 0 aliphatic carbocycles. The molecular formula is C20H26FN5O. The lowest BCUT2D eigenvalue weighted by Gasteiger charge is -2.19. The molecule has 0 spiro atoms. The molecule has 1 aliphatic rings. The van der Waals surface area contributed by atoms with Crippen molar-refractivity contribution in [3.63, 3.8) is 0 Å². The molecular weight excluding hydrogens is 345 g/mol. The second kappa shape index (κ2) is 8.79. The lowest BCUT2D eigenvalue weighted by atomic mass is 10.2. The van der Waals surface area contributed by atoms with Crippen LogP contribution in [0.2, 0.25) is 0 Å². The minimum Gasteiger partial charge on any atom is -0.371 e. The molecule has 144 valence electrons. The summed E-state index contributed by atoms with van der Waals surface area (Å²) in [5.41, 5.74) is 2.27. The molecule has 1 aliphatic heterocycles. The number of carbonyl (C=O) groups excluding carboxylic acids is 1. The highest BCUT2D eigenvalue weighted by Crippen LogP contribution is 2.23. The fourth-order valence-electron chi connectivity index (χ4n) is 3.28. The molecule has 2 aromatic rings. The summed E-state index contributed by atoms with van der Waals surface area (Å²) in [7, 11) is 0. The van der Waals surface area contributed by atoms with E-state index in [1.165, 1.54) is 19.2 Å². The summed E-state index contributed by atoms with van der Waals surface area (Å²) in [6.07, 6.45) is 4.45. The number of carbonyl (C=O) groups is 1. The van der Waals surface area contributed by atoms with Gasteiger partial charge in [-0.3, -0.25) is 4.79 Å². The van der Waals surface area contributed by atoms with Crippen molar-refractivity contribution >= 4 is 23.1 Å². The van der Waals surface area contributed by atoms with E-state index in [1.807, 2.05) is 32.0 Å². The summed E-state index contributed by atoms with van der Waals surface area (Å²) in [6.45, 7) is 5.78. The van der Waals surface area contributed by atoms with E-state index < -0.39 is 5.82 Å². The molecule has 7 heteroatoms. The summed E-state index contributed by atoms with van der Waals surface area (Å²) in [5.74, 6) is -0.442. The molecule has 1 aromatic carbocycles. The van der Waals surface area contributed by atoms with E-state index in [9.17, 15) is 9.18 Å². The molecule has 1 saturated heterocycles. The Morgan fingerprint density at radius 2 is 2.07 bits per heavy atom. The van der Waals surface area contributed by atoms with Gasteiger partial charge in [0.1, 0.15) is 6.33 Å². The summed E-state index contributed by atoms with van der Waals surface area (Å²) in [6, 6.07) is 7.63. The van der Waals surface area contributed by atoms with Gasteiger partial charge in [0, 0.05) is 36.9 Å². The van der Waals surface area contributed by atoms with Gasteiger partial charge in [0.25, 0.3) is 0 Å². The topological polar surface area (TPSA) is 70.1 Å². The van der Waals surface area contributed by atoms with E-state index in [-0.39, 0.29) is 24.2 Å². The van der Waals surface area contributed by atoms with Crippen molar-refractivity contribution in [2.75, 3.05) is 28.6 Å². The van der Waals surface area contributed by atoms with Crippen molar-refractivity contribution in [2.45, 2.75) is 45.6 Å². The van der Waals surface area contributed by atoms with E-state index in [2.05, 4.69) is 31.6 Å². The van der Waals surface area contributed by atoms with Gasteiger partial charge < -0.3 is 15.5 Å². The first-order valence-electron chi connectivity index (χ1n) is 9.47. The number of hydrogen-bond donors (Lipinski definition) is 2. The second-order valence-electron chi connectivity index (χ2n) is 6.88. The van der Waals surface area contributed by atoms with E-state index in [0.717, 1.165) is 24.5 Å². The van der Waals surface area contributed by atoms with Gasteiger partial charge in [-0.2, -0.15) is 0 Å². The summed E-state index contributed by atoms with van der Waals surface area (Å²) in [4.78, 5) is 22.5. The van der Waals surface area contributed by atoms with E-state index >= 15 is 0 Å². The molecule has 1 aromatic heterocycles. The maximum atomic E-state index is 14.2. The number of benzene rings is 1. The predicted molar refractivity (Wildman–Crippen MR) is 106 cm³/mol. The monoisotopic (exact) mass is 371 g/mol. The van der Waals surface area contributed by atoms with Crippen LogP contribution in [0.15, 0.2) is 30.6 Å². The summed E-state index contributed by atoms with van der Waals surface area (Å²) < 4.78 is 14.2. The average Bonchev–Trinajstić information content (AvgIpc) is 3.18.